The molecule has 0 saturated carbocycles. The van der Waals surface area contributed by atoms with Crippen molar-refractivity contribution in [2.45, 2.75) is 13.0 Å². The Morgan fingerprint density at radius 1 is 1.50 bits per heavy atom. The van der Waals surface area contributed by atoms with Gasteiger partial charge in [-0.3, -0.25) is 0 Å². The first-order valence-electron chi connectivity index (χ1n) is 5.53. The predicted molar refractivity (Wildman–Crippen MR) is 70.4 cm³/mol. The minimum Gasteiger partial charge on any atom is -0.497 e. The summed E-state index contributed by atoms with van der Waals surface area (Å²) >= 11 is 3.61. The molecule has 1 heterocycles. The van der Waals surface area contributed by atoms with Crippen molar-refractivity contribution in [1.29, 1.82) is 0 Å². The molecular weight excluding hydrogens is 268 g/mol. The summed E-state index contributed by atoms with van der Waals surface area (Å²) in [6, 6.07) is 6.62. The highest BCUT2D eigenvalue weighted by Crippen LogP contribution is 2.31. The maximum atomic E-state index is 5.27. The molecule has 1 aromatic carbocycles. The van der Waals surface area contributed by atoms with E-state index in [0.29, 0.717) is 6.04 Å². The van der Waals surface area contributed by atoms with Crippen LogP contribution in [0.25, 0.3) is 0 Å². The number of nitrogens with zero attached hydrogens (tertiary/aromatic N) is 1. The lowest BCUT2D eigenvalue weighted by Crippen LogP contribution is -2.50. The summed E-state index contributed by atoms with van der Waals surface area (Å²) in [5.74, 6) is 0.906. The Kier molecular flexibility index (Phi) is 3.71. The SMILES string of the molecule is COc1ccc(Br)c(N2CCNCC2C)c1. The highest BCUT2D eigenvalue weighted by Gasteiger charge is 2.20. The van der Waals surface area contributed by atoms with Gasteiger partial charge in [-0.1, -0.05) is 0 Å². The van der Waals surface area contributed by atoms with Gasteiger partial charge < -0.3 is 15.0 Å². The van der Waals surface area contributed by atoms with E-state index >= 15 is 0 Å². The van der Waals surface area contributed by atoms with Crippen LogP contribution in [0, 0.1) is 0 Å². The number of nitrogens with one attached hydrogen (secondary N) is 1. The van der Waals surface area contributed by atoms with Gasteiger partial charge >= 0.3 is 0 Å². The van der Waals surface area contributed by atoms with Crippen LogP contribution >= 0.6 is 15.9 Å². The third-order valence-corrected chi connectivity index (χ3v) is 3.63. The number of ether oxygens (including phenoxy) is 1. The van der Waals surface area contributed by atoms with E-state index in [1.54, 1.807) is 7.11 Å². The molecule has 1 atom stereocenters. The molecule has 1 aliphatic rings. The fraction of sp³-hybridized carbons (Fsp3) is 0.500. The van der Waals surface area contributed by atoms with Gasteiger partial charge in [0.15, 0.2) is 0 Å². The standard InChI is InChI=1S/C12H17BrN2O/c1-9-8-14-5-6-15(9)12-7-10(16-2)3-4-11(12)13/h3-4,7,9,14H,5-6,8H2,1-2H3. The summed E-state index contributed by atoms with van der Waals surface area (Å²) in [7, 11) is 1.70. The Morgan fingerprint density at radius 3 is 3.00 bits per heavy atom. The van der Waals surface area contributed by atoms with Crippen LogP contribution in [0.1, 0.15) is 6.92 Å². The van der Waals surface area contributed by atoms with Crippen molar-refractivity contribution in [1.82, 2.24) is 5.32 Å². The largest absolute Gasteiger partial charge is 0.497 e. The Morgan fingerprint density at radius 2 is 2.31 bits per heavy atom. The number of halogens is 1. The van der Waals surface area contributed by atoms with E-state index in [4.69, 9.17) is 4.74 Å². The van der Waals surface area contributed by atoms with Gasteiger partial charge in [0.2, 0.25) is 0 Å². The number of rotatable bonds is 2. The molecule has 0 radical (unpaired) electrons. The second kappa shape index (κ2) is 5.06. The smallest absolute Gasteiger partial charge is 0.121 e. The summed E-state index contributed by atoms with van der Waals surface area (Å²) in [5.41, 5.74) is 1.22. The van der Waals surface area contributed by atoms with Crippen LogP contribution in [-0.4, -0.2) is 32.8 Å². The van der Waals surface area contributed by atoms with Crippen LogP contribution in [0.3, 0.4) is 0 Å². The van der Waals surface area contributed by atoms with Gasteiger partial charge in [0.1, 0.15) is 5.75 Å². The average molecular weight is 285 g/mol. The minimum absolute atomic E-state index is 0.511. The molecule has 1 aromatic rings. The highest BCUT2D eigenvalue weighted by atomic mass is 79.9. The molecule has 4 heteroatoms. The van der Waals surface area contributed by atoms with E-state index < -0.39 is 0 Å². The van der Waals surface area contributed by atoms with Crippen molar-refractivity contribution < 1.29 is 4.74 Å². The maximum Gasteiger partial charge on any atom is 0.121 e. The van der Waals surface area contributed by atoms with Crippen LogP contribution in [0.15, 0.2) is 22.7 Å². The van der Waals surface area contributed by atoms with Crippen LogP contribution in [-0.2, 0) is 0 Å². The summed E-state index contributed by atoms with van der Waals surface area (Å²) in [6.07, 6.45) is 0. The van der Waals surface area contributed by atoms with E-state index in [9.17, 15) is 0 Å². The molecule has 0 spiro atoms. The van der Waals surface area contributed by atoms with Gasteiger partial charge in [0, 0.05) is 36.2 Å². The Balaban J connectivity index is 2.30. The first-order valence-corrected chi connectivity index (χ1v) is 6.32. The number of hydrogen-bond acceptors (Lipinski definition) is 3. The van der Waals surface area contributed by atoms with Crippen molar-refractivity contribution in [3.05, 3.63) is 22.7 Å². The van der Waals surface area contributed by atoms with Gasteiger partial charge in [0.25, 0.3) is 0 Å². The van der Waals surface area contributed by atoms with Crippen molar-refractivity contribution in [2.24, 2.45) is 0 Å². The molecule has 1 unspecified atom stereocenters. The Hall–Kier alpha value is -0.740. The zero-order chi connectivity index (χ0) is 11.5. The Bertz CT molecular complexity index is 370. The van der Waals surface area contributed by atoms with Crippen LogP contribution in [0.4, 0.5) is 5.69 Å². The van der Waals surface area contributed by atoms with Gasteiger partial charge in [-0.25, -0.2) is 0 Å². The third-order valence-electron chi connectivity index (χ3n) is 2.96. The second-order valence-electron chi connectivity index (χ2n) is 4.06. The van der Waals surface area contributed by atoms with Gasteiger partial charge in [-0.15, -0.1) is 0 Å². The van der Waals surface area contributed by atoms with E-state index in [1.807, 2.05) is 12.1 Å². The molecular formula is C12H17BrN2O. The predicted octanol–water partition coefficient (Wildman–Crippen LogP) is 2.26. The molecule has 1 fully saturated rings. The minimum atomic E-state index is 0.511. The van der Waals surface area contributed by atoms with Crippen molar-refractivity contribution in [3.63, 3.8) is 0 Å². The van der Waals surface area contributed by atoms with Gasteiger partial charge in [-0.2, -0.15) is 0 Å². The summed E-state index contributed by atoms with van der Waals surface area (Å²) < 4.78 is 6.40. The normalized spacial score (nSPS) is 20.9. The summed E-state index contributed by atoms with van der Waals surface area (Å²) in [5, 5.41) is 3.39. The number of benzene rings is 1. The quantitative estimate of drug-likeness (QED) is 0.902. The zero-order valence-corrected chi connectivity index (χ0v) is 11.3. The lowest BCUT2D eigenvalue weighted by molar-refractivity contribution is 0.414. The van der Waals surface area contributed by atoms with Crippen molar-refractivity contribution >= 4 is 21.6 Å². The molecule has 0 bridgehead atoms. The molecule has 0 aromatic heterocycles. The summed E-state index contributed by atoms with van der Waals surface area (Å²) in [6.45, 7) is 5.34. The van der Waals surface area contributed by atoms with Crippen LogP contribution in [0.5, 0.6) is 5.75 Å². The van der Waals surface area contributed by atoms with Crippen LogP contribution in [0.2, 0.25) is 0 Å². The average Bonchev–Trinajstić information content (AvgIpc) is 2.31. The topological polar surface area (TPSA) is 24.5 Å². The van der Waals surface area contributed by atoms with Crippen molar-refractivity contribution in [2.75, 3.05) is 31.6 Å². The number of hydrogen-bond donors (Lipinski definition) is 1. The molecule has 1 aliphatic heterocycles. The van der Waals surface area contributed by atoms with E-state index in [1.165, 1.54) is 5.69 Å². The van der Waals surface area contributed by atoms with Crippen molar-refractivity contribution in [3.8, 4) is 5.75 Å². The van der Waals surface area contributed by atoms with Gasteiger partial charge in [0.05, 0.1) is 12.8 Å². The maximum absolute atomic E-state index is 5.27. The van der Waals surface area contributed by atoms with E-state index in [2.05, 4.69) is 39.1 Å². The lowest BCUT2D eigenvalue weighted by atomic mass is 10.1. The molecule has 88 valence electrons. The second-order valence-corrected chi connectivity index (χ2v) is 4.92. The molecule has 2 rings (SSSR count). The zero-order valence-electron chi connectivity index (χ0n) is 9.66. The fourth-order valence-corrected chi connectivity index (χ4v) is 2.51. The lowest BCUT2D eigenvalue weighted by Gasteiger charge is -2.36. The van der Waals surface area contributed by atoms with Gasteiger partial charge in [-0.05, 0) is 35.0 Å². The molecule has 0 aliphatic carbocycles. The molecule has 1 saturated heterocycles. The number of methoxy groups -OCH3 is 1. The molecule has 0 amide bonds. The van der Waals surface area contributed by atoms with E-state index in [-0.39, 0.29) is 0 Å². The molecule has 3 nitrogen and oxygen atoms in total. The number of anilines is 1. The monoisotopic (exact) mass is 284 g/mol. The fourth-order valence-electron chi connectivity index (χ4n) is 2.04. The van der Waals surface area contributed by atoms with Crippen LogP contribution < -0.4 is 15.0 Å². The third kappa shape index (κ3) is 2.33. The molecule has 16 heavy (non-hydrogen) atoms. The first-order chi connectivity index (χ1) is 7.72. The summed E-state index contributed by atoms with van der Waals surface area (Å²) in [4.78, 5) is 2.41. The highest BCUT2D eigenvalue weighted by molar-refractivity contribution is 9.10. The Labute approximate surface area is 105 Å². The number of piperazine rings is 1. The molecule has 1 N–H and O–H groups in total. The van der Waals surface area contributed by atoms with E-state index in [0.717, 1.165) is 29.9 Å². The first kappa shape index (κ1) is 11.7.